The highest BCUT2D eigenvalue weighted by molar-refractivity contribution is 5.80. The number of nitrogens with zero attached hydrogens (tertiary/aromatic N) is 2. The summed E-state index contributed by atoms with van der Waals surface area (Å²) in [6.07, 6.45) is 5.80. The molecule has 1 aromatic heterocycles. The summed E-state index contributed by atoms with van der Waals surface area (Å²) < 4.78 is 10.6. The van der Waals surface area contributed by atoms with E-state index in [1.165, 1.54) is 6.42 Å². The molecular weight excluding hydrogens is 232 g/mol. The first-order valence-corrected chi connectivity index (χ1v) is 6.37. The van der Waals surface area contributed by atoms with Crippen LogP contribution in [0.3, 0.4) is 0 Å². The number of hydrogen-bond acceptors (Lipinski definition) is 4. The largest absolute Gasteiger partial charge is 0.373 e. The predicted molar refractivity (Wildman–Crippen MR) is 66.1 cm³/mol. The van der Waals surface area contributed by atoms with Gasteiger partial charge in [0.2, 0.25) is 0 Å². The van der Waals surface area contributed by atoms with Gasteiger partial charge in [-0.15, -0.1) is 0 Å². The molecule has 1 aromatic rings. The molecule has 3 unspecified atom stereocenters. The lowest BCUT2D eigenvalue weighted by atomic mass is 9.96. The fourth-order valence-electron chi connectivity index (χ4n) is 2.66. The molecule has 2 fully saturated rings. The number of ether oxygens (including phenoxy) is 1. The third-order valence-corrected chi connectivity index (χ3v) is 3.58. The Labute approximate surface area is 106 Å². The average Bonchev–Trinajstić information content (AvgIpc) is 3.10. The van der Waals surface area contributed by atoms with Crippen molar-refractivity contribution in [3.05, 3.63) is 18.0 Å². The second-order valence-electron chi connectivity index (χ2n) is 4.78. The Bertz CT molecular complexity index is 418. The van der Waals surface area contributed by atoms with Gasteiger partial charge in [0.1, 0.15) is 12.0 Å². The van der Waals surface area contributed by atoms with Gasteiger partial charge in [-0.3, -0.25) is 4.99 Å². The molecule has 3 heterocycles. The maximum Gasteiger partial charge on any atom is 0.191 e. The van der Waals surface area contributed by atoms with Crippen molar-refractivity contribution in [2.24, 2.45) is 4.99 Å². The third-order valence-electron chi connectivity index (χ3n) is 3.58. The maximum absolute atomic E-state index is 5.81. The molecule has 2 saturated heterocycles. The quantitative estimate of drug-likeness (QED) is 0.609. The highest BCUT2D eigenvalue weighted by atomic mass is 16.5. The summed E-state index contributed by atoms with van der Waals surface area (Å²) in [5.41, 5.74) is 0.863. The normalized spacial score (nSPS) is 30.7. The lowest BCUT2D eigenvalue weighted by Crippen LogP contribution is -2.47. The van der Waals surface area contributed by atoms with Gasteiger partial charge in [0.15, 0.2) is 5.96 Å². The minimum atomic E-state index is 0.348. The second kappa shape index (κ2) is 4.97. The van der Waals surface area contributed by atoms with Gasteiger partial charge in [0.05, 0.1) is 24.8 Å². The molecule has 0 aromatic carbocycles. The summed E-state index contributed by atoms with van der Waals surface area (Å²) >= 11 is 0. The molecule has 3 rings (SSSR count). The molecule has 0 amide bonds. The van der Waals surface area contributed by atoms with Gasteiger partial charge in [0, 0.05) is 13.1 Å². The zero-order valence-electron chi connectivity index (χ0n) is 10.4. The van der Waals surface area contributed by atoms with Gasteiger partial charge < -0.3 is 19.9 Å². The monoisotopic (exact) mass is 250 g/mol. The zero-order chi connectivity index (χ0) is 12.4. The van der Waals surface area contributed by atoms with Crippen molar-refractivity contribution in [2.45, 2.75) is 44.1 Å². The first-order chi connectivity index (χ1) is 8.85. The van der Waals surface area contributed by atoms with E-state index in [0.29, 0.717) is 24.8 Å². The molecule has 18 heavy (non-hydrogen) atoms. The molecule has 0 aliphatic carbocycles. The molecule has 0 radical (unpaired) electrons. The van der Waals surface area contributed by atoms with Crippen LogP contribution in [0, 0.1) is 0 Å². The van der Waals surface area contributed by atoms with Gasteiger partial charge in [0.25, 0.3) is 0 Å². The smallest absolute Gasteiger partial charge is 0.191 e. The first kappa shape index (κ1) is 11.5. The van der Waals surface area contributed by atoms with E-state index in [9.17, 15) is 0 Å². The zero-order valence-corrected chi connectivity index (χ0v) is 10.4. The van der Waals surface area contributed by atoms with Gasteiger partial charge >= 0.3 is 0 Å². The van der Waals surface area contributed by atoms with E-state index in [0.717, 1.165) is 24.5 Å². The van der Waals surface area contributed by atoms with Crippen LogP contribution in [0.2, 0.25) is 0 Å². The van der Waals surface area contributed by atoms with Crippen molar-refractivity contribution < 1.29 is 9.26 Å². The van der Waals surface area contributed by atoms with Crippen LogP contribution in [0.5, 0.6) is 0 Å². The number of aliphatic imine (C=N–C) groups is 1. The van der Waals surface area contributed by atoms with E-state index < -0.39 is 0 Å². The molecule has 98 valence electrons. The minimum absolute atomic E-state index is 0.348. The summed E-state index contributed by atoms with van der Waals surface area (Å²) in [5, 5.41) is 10.5. The number of rotatable bonds is 3. The molecule has 2 aliphatic heterocycles. The summed E-state index contributed by atoms with van der Waals surface area (Å²) in [6.45, 7) is 0.609. The van der Waals surface area contributed by atoms with Crippen LogP contribution < -0.4 is 10.6 Å². The van der Waals surface area contributed by atoms with Crippen LogP contribution in [0.4, 0.5) is 0 Å². The molecular formula is C12H18N4O2. The molecule has 6 heteroatoms. The molecule has 2 bridgehead atoms. The van der Waals surface area contributed by atoms with Crippen LogP contribution in [0.1, 0.15) is 25.0 Å². The van der Waals surface area contributed by atoms with Crippen molar-refractivity contribution in [3.63, 3.8) is 0 Å². The fourth-order valence-corrected chi connectivity index (χ4v) is 2.66. The number of fused-ring (bicyclic) bond motifs is 2. The van der Waals surface area contributed by atoms with E-state index in [2.05, 4.69) is 20.8 Å². The molecule has 3 atom stereocenters. The minimum Gasteiger partial charge on any atom is -0.373 e. The van der Waals surface area contributed by atoms with Crippen LogP contribution >= 0.6 is 0 Å². The van der Waals surface area contributed by atoms with Gasteiger partial charge in [-0.25, -0.2) is 0 Å². The van der Waals surface area contributed by atoms with E-state index in [4.69, 9.17) is 9.26 Å². The number of nitrogens with one attached hydrogen (secondary N) is 2. The average molecular weight is 250 g/mol. The van der Waals surface area contributed by atoms with Crippen molar-refractivity contribution >= 4 is 5.96 Å². The van der Waals surface area contributed by atoms with Crippen LogP contribution in [-0.2, 0) is 11.3 Å². The van der Waals surface area contributed by atoms with E-state index in [1.54, 1.807) is 13.3 Å². The molecule has 0 saturated carbocycles. The van der Waals surface area contributed by atoms with Crippen LogP contribution in [-0.4, -0.2) is 36.4 Å². The number of hydrogen-bond donors (Lipinski definition) is 2. The van der Waals surface area contributed by atoms with Crippen molar-refractivity contribution in [3.8, 4) is 0 Å². The topological polar surface area (TPSA) is 71.7 Å². The molecule has 0 spiro atoms. The number of aromatic nitrogens is 1. The lowest BCUT2D eigenvalue weighted by molar-refractivity contribution is 0.0992. The van der Waals surface area contributed by atoms with E-state index >= 15 is 0 Å². The summed E-state index contributed by atoms with van der Waals surface area (Å²) in [5.74, 6) is 0.791. The highest BCUT2D eigenvalue weighted by Crippen LogP contribution is 2.34. The van der Waals surface area contributed by atoms with E-state index in [1.807, 2.05) is 6.07 Å². The van der Waals surface area contributed by atoms with E-state index in [-0.39, 0.29) is 0 Å². The van der Waals surface area contributed by atoms with Crippen LogP contribution in [0.25, 0.3) is 0 Å². The van der Waals surface area contributed by atoms with Crippen molar-refractivity contribution in [1.29, 1.82) is 0 Å². The molecule has 2 aliphatic rings. The molecule has 2 N–H and O–H groups in total. The summed E-state index contributed by atoms with van der Waals surface area (Å²) in [4.78, 5) is 4.22. The second-order valence-corrected chi connectivity index (χ2v) is 4.78. The third kappa shape index (κ3) is 2.33. The van der Waals surface area contributed by atoms with Crippen molar-refractivity contribution in [1.82, 2.24) is 15.8 Å². The highest BCUT2D eigenvalue weighted by Gasteiger charge is 2.41. The standard InChI is InChI=1S/C12H18N4O2/c1-13-12(14-7-8-4-5-17-16-8)15-10-6-9-2-3-11(10)18-9/h4-5,9-11H,2-3,6-7H2,1H3,(H2,13,14,15). The molecule has 6 nitrogen and oxygen atoms in total. The fraction of sp³-hybridized carbons (Fsp3) is 0.667. The van der Waals surface area contributed by atoms with Gasteiger partial charge in [-0.1, -0.05) is 5.16 Å². The first-order valence-electron chi connectivity index (χ1n) is 6.37. The SMILES string of the molecule is CN=C(NCc1ccon1)NC1CC2CCC1O2. The van der Waals surface area contributed by atoms with Crippen LogP contribution in [0.15, 0.2) is 21.8 Å². The van der Waals surface area contributed by atoms with Crippen molar-refractivity contribution in [2.75, 3.05) is 7.05 Å². The van der Waals surface area contributed by atoms with Gasteiger partial charge in [-0.05, 0) is 19.3 Å². The van der Waals surface area contributed by atoms with Gasteiger partial charge in [-0.2, -0.15) is 0 Å². The Balaban J connectivity index is 1.51. The summed E-state index contributed by atoms with van der Waals surface area (Å²) in [7, 11) is 1.77. The Morgan fingerprint density at radius 2 is 2.50 bits per heavy atom. The Morgan fingerprint density at radius 3 is 3.11 bits per heavy atom. The lowest BCUT2D eigenvalue weighted by Gasteiger charge is -2.22. The Kier molecular flexibility index (Phi) is 3.19. The Hall–Kier alpha value is -1.56. The number of guanidine groups is 1. The predicted octanol–water partition coefficient (Wildman–Crippen LogP) is 0.659. The summed E-state index contributed by atoms with van der Waals surface area (Å²) in [6, 6.07) is 2.22. The Morgan fingerprint density at radius 1 is 1.56 bits per heavy atom. The maximum atomic E-state index is 5.81.